The second-order valence-corrected chi connectivity index (χ2v) is 4.54. The lowest BCUT2D eigenvalue weighted by atomic mass is 10.0. The molecule has 1 heterocycles. The summed E-state index contributed by atoms with van der Waals surface area (Å²) in [5, 5.41) is 9.73. The highest BCUT2D eigenvalue weighted by atomic mass is 16.8. The van der Waals surface area contributed by atoms with Crippen LogP contribution >= 0.6 is 0 Å². The molecule has 0 radical (unpaired) electrons. The Morgan fingerprint density at radius 3 is 2.54 bits per heavy atom. The van der Waals surface area contributed by atoms with Gasteiger partial charge in [0, 0.05) is 0 Å². The lowest BCUT2D eigenvalue weighted by molar-refractivity contribution is -0.166. The fraction of sp³-hybridized carbons (Fsp3) is 1.00. The molecular weight excluding hydrogens is 168 g/mol. The largest absolute Gasteiger partial charge is 0.390 e. The summed E-state index contributed by atoms with van der Waals surface area (Å²) in [4.78, 5) is 0. The molecule has 1 N–H and O–H groups in total. The minimum absolute atomic E-state index is 0.0973. The van der Waals surface area contributed by atoms with Gasteiger partial charge in [0.2, 0.25) is 0 Å². The molecule has 0 aromatic rings. The van der Waals surface area contributed by atoms with Gasteiger partial charge in [-0.15, -0.1) is 0 Å². The van der Waals surface area contributed by atoms with Gasteiger partial charge in [-0.2, -0.15) is 0 Å². The predicted molar refractivity (Wildman–Crippen MR) is 48.2 cm³/mol. The van der Waals surface area contributed by atoms with Crippen LogP contribution in [-0.2, 0) is 9.47 Å². The maximum absolute atomic E-state index is 9.73. The van der Waals surface area contributed by atoms with Crippen LogP contribution in [0, 0.1) is 5.92 Å². The molecule has 1 aliphatic carbocycles. The number of hydrogen-bond acceptors (Lipinski definition) is 3. The van der Waals surface area contributed by atoms with Gasteiger partial charge in [-0.3, -0.25) is 0 Å². The van der Waals surface area contributed by atoms with Gasteiger partial charge in [-0.25, -0.2) is 0 Å². The first-order chi connectivity index (χ1) is 6.03. The molecule has 3 heteroatoms. The lowest BCUT2D eigenvalue weighted by Gasteiger charge is -2.21. The highest BCUT2D eigenvalue weighted by Gasteiger charge is 2.52. The van der Waals surface area contributed by atoms with Gasteiger partial charge < -0.3 is 14.6 Å². The second kappa shape index (κ2) is 2.94. The molecular formula is C10H18O3. The van der Waals surface area contributed by atoms with E-state index in [1.54, 1.807) is 0 Å². The van der Waals surface area contributed by atoms with Crippen LogP contribution in [0.5, 0.6) is 0 Å². The van der Waals surface area contributed by atoms with E-state index in [1.165, 1.54) is 0 Å². The minimum Gasteiger partial charge on any atom is -0.390 e. The van der Waals surface area contributed by atoms with Crippen molar-refractivity contribution in [3.05, 3.63) is 0 Å². The third kappa shape index (κ3) is 1.49. The number of fused-ring (bicyclic) bond motifs is 1. The Labute approximate surface area is 79.0 Å². The number of rotatable bonds is 1. The van der Waals surface area contributed by atoms with Crippen LogP contribution in [-0.4, -0.2) is 29.2 Å². The number of aliphatic hydroxyl groups is 1. The zero-order valence-corrected chi connectivity index (χ0v) is 8.49. The quantitative estimate of drug-likeness (QED) is 0.670. The van der Waals surface area contributed by atoms with E-state index in [0.717, 1.165) is 12.8 Å². The van der Waals surface area contributed by atoms with Crippen LogP contribution in [0.1, 0.15) is 33.6 Å². The van der Waals surface area contributed by atoms with Crippen molar-refractivity contribution in [2.24, 2.45) is 5.92 Å². The SMILES string of the molecule is CCC1CC(O)C2OC(C)(C)OC12. The van der Waals surface area contributed by atoms with Gasteiger partial charge in [-0.05, 0) is 26.2 Å². The van der Waals surface area contributed by atoms with Crippen LogP contribution in [0.3, 0.4) is 0 Å². The Hall–Kier alpha value is -0.120. The second-order valence-electron chi connectivity index (χ2n) is 4.54. The predicted octanol–water partition coefficient (Wildman–Crippen LogP) is 1.30. The van der Waals surface area contributed by atoms with Crippen LogP contribution in [0.15, 0.2) is 0 Å². The normalized spacial score (nSPS) is 48.0. The molecule has 76 valence electrons. The summed E-state index contributed by atoms with van der Waals surface area (Å²) in [5.41, 5.74) is 0. The Morgan fingerprint density at radius 1 is 1.31 bits per heavy atom. The number of aliphatic hydroxyl groups excluding tert-OH is 1. The van der Waals surface area contributed by atoms with E-state index in [4.69, 9.17) is 9.47 Å². The van der Waals surface area contributed by atoms with Gasteiger partial charge in [0.05, 0.1) is 12.2 Å². The molecule has 2 aliphatic rings. The monoisotopic (exact) mass is 186 g/mol. The van der Waals surface area contributed by atoms with Crippen molar-refractivity contribution in [2.75, 3.05) is 0 Å². The Kier molecular flexibility index (Phi) is 2.13. The number of hydrogen-bond donors (Lipinski definition) is 1. The fourth-order valence-corrected chi connectivity index (χ4v) is 2.46. The van der Waals surface area contributed by atoms with Crippen molar-refractivity contribution >= 4 is 0 Å². The lowest BCUT2D eigenvalue weighted by Crippen LogP contribution is -2.28. The molecule has 2 fully saturated rings. The molecule has 1 saturated carbocycles. The minimum atomic E-state index is -0.510. The van der Waals surface area contributed by atoms with Gasteiger partial charge in [0.25, 0.3) is 0 Å². The van der Waals surface area contributed by atoms with Crippen LogP contribution in [0.4, 0.5) is 0 Å². The third-order valence-electron chi connectivity index (χ3n) is 3.08. The molecule has 1 saturated heterocycles. The zero-order chi connectivity index (χ0) is 9.64. The Balaban J connectivity index is 2.12. The van der Waals surface area contributed by atoms with Crippen LogP contribution in [0.2, 0.25) is 0 Å². The average molecular weight is 186 g/mol. The third-order valence-corrected chi connectivity index (χ3v) is 3.08. The van der Waals surface area contributed by atoms with E-state index < -0.39 is 5.79 Å². The molecule has 4 unspecified atom stereocenters. The molecule has 0 bridgehead atoms. The summed E-state index contributed by atoms with van der Waals surface area (Å²) in [6, 6.07) is 0. The standard InChI is InChI=1S/C10H18O3/c1-4-6-5-7(11)9-8(6)12-10(2,3)13-9/h6-9,11H,4-5H2,1-3H3. The Morgan fingerprint density at radius 2 is 1.92 bits per heavy atom. The average Bonchev–Trinajstić information content (AvgIpc) is 2.47. The highest BCUT2D eigenvalue weighted by molar-refractivity contribution is 4.97. The van der Waals surface area contributed by atoms with Gasteiger partial charge >= 0.3 is 0 Å². The van der Waals surface area contributed by atoms with Crippen molar-refractivity contribution in [1.29, 1.82) is 0 Å². The molecule has 3 nitrogen and oxygen atoms in total. The molecule has 1 aliphatic heterocycles. The summed E-state index contributed by atoms with van der Waals surface area (Å²) in [5.74, 6) is -0.0498. The van der Waals surface area contributed by atoms with Crippen molar-refractivity contribution in [2.45, 2.75) is 57.7 Å². The maximum atomic E-state index is 9.73. The van der Waals surface area contributed by atoms with E-state index >= 15 is 0 Å². The van der Waals surface area contributed by atoms with Crippen molar-refractivity contribution in [3.63, 3.8) is 0 Å². The first-order valence-electron chi connectivity index (χ1n) is 5.07. The zero-order valence-electron chi connectivity index (χ0n) is 8.49. The Bertz CT molecular complexity index is 202. The summed E-state index contributed by atoms with van der Waals surface area (Å²) < 4.78 is 11.4. The van der Waals surface area contributed by atoms with Gasteiger partial charge in [0.1, 0.15) is 6.10 Å². The van der Waals surface area contributed by atoms with Gasteiger partial charge in [0.15, 0.2) is 5.79 Å². The molecule has 13 heavy (non-hydrogen) atoms. The summed E-state index contributed by atoms with van der Waals surface area (Å²) in [6.45, 7) is 5.95. The van der Waals surface area contributed by atoms with E-state index in [0.29, 0.717) is 5.92 Å². The number of ether oxygens (including phenoxy) is 2. The molecule has 2 rings (SSSR count). The van der Waals surface area contributed by atoms with E-state index in [9.17, 15) is 5.11 Å². The van der Waals surface area contributed by atoms with Gasteiger partial charge in [-0.1, -0.05) is 13.3 Å². The first kappa shape index (κ1) is 9.44. The summed E-state index contributed by atoms with van der Waals surface area (Å²) >= 11 is 0. The smallest absolute Gasteiger partial charge is 0.163 e. The van der Waals surface area contributed by atoms with Crippen molar-refractivity contribution in [3.8, 4) is 0 Å². The topological polar surface area (TPSA) is 38.7 Å². The highest BCUT2D eigenvalue weighted by Crippen LogP contribution is 2.42. The van der Waals surface area contributed by atoms with Crippen molar-refractivity contribution in [1.82, 2.24) is 0 Å². The maximum Gasteiger partial charge on any atom is 0.163 e. The van der Waals surface area contributed by atoms with Crippen LogP contribution in [0.25, 0.3) is 0 Å². The van der Waals surface area contributed by atoms with Crippen molar-refractivity contribution < 1.29 is 14.6 Å². The van der Waals surface area contributed by atoms with E-state index in [-0.39, 0.29) is 18.3 Å². The van der Waals surface area contributed by atoms with E-state index in [1.807, 2.05) is 13.8 Å². The first-order valence-corrected chi connectivity index (χ1v) is 5.07. The molecule has 0 amide bonds. The summed E-state index contributed by atoms with van der Waals surface area (Å²) in [6.07, 6.45) is 1.55. The molecule has 0 spiro atoms. The molecule has 0 aromatic heterocycles. The van der Waals surface area contributed by atoms with E-state index in [2.05, 4.69) is 6.92 Å². The van der Waals surface area contributed by atoms with Crippen LogP contribution < -0.4 is 0 Å². The summed E-state index contributed by atoms with van der Waals surface area (Å²) in [7, 11) is 0. The molecule has 0 aromatic carbocycles. The molecule has 4 atom stereocenters. The fourth-order valence-electron chi connectivity index (χ4n) is 2.46.